The SMILES string of the molecule is CC1=NN(c2c(F)c(F)c(F)c(F)c2F)C(=O)/C1=C\c1cc(Br)cc(Br)c1OCc1ccccc1Cl. The molecular weight excluding hydrogens is 639 g/mol. The lowest BCUT2D eigenvalue weighted by Crippen LogP contribution is -2.25. The van der Waals surface area contributed by atoms with Crippen molar-refractivity contribution in [1.29, 1.82) is 0 Å². The maximum Gasteiger partial charge on any atom is 0.280 e. The van der Waals surface area contributed by atoms with Crippen LogP contribution in [0.2, 0.25) is 5.02 Å². The molecular formula is C24H12Br2ClF5N2O2. The van der Waals surface area contributed by atoms with Crippen LogP contribution in [0.3, 0.4) is 0 Å². The highest BCUT2D eigenvalue weighted by Gasteiger charge is 2.37. The molecule has 0 saturated carbocycles. The third-order valence-electron chi connectivity index (χ3n) is 5.13. The molecule has 186 valence electrons. The fraction of sp³-hybridized carbons (Fsp3) is 0.0833. The molecule has 0 aromatic heterocycles. The molecule has 36 heavy (non-hydrogen) atoms. The summed E-state index contributed by atoms with van der Waals surface area (Å²) in [6, 6.07) is 10.3. The number of hydrazone groups is 1. The van der Waals surface area contributed by atoms with Crippen molar-refractivity contribution in [3.8, 4) is 5.75 Å². The first-order chi connectivity index (χ1) is 17.0. The van der Waals surface area contributed by atoms with E-state index in [0.29, 0.717) is 30.8 Å². The summed E-state index contributed by atoms with van der Waals surface area (Å²) in [5.41, 5.74) is -0.575. The Morgan fingerprint density at radius 3 is 2.25 bits per heavy atom. The Bertz CT molecular complexity index is 1450. The number of amides is 1. The summed E-state index contributed by atoms with van der Waals surface area (Å²) < 4.78 is 76.6. The highest BCUT2D eigenvalue weighted by molar-refractivity contribution is 9.11. The van der Waals surface area contributed by atoms with E-state index in [4.69, 9.17) is 16.3 Å². The molecule has 4 rings (SSSR count). The summed E-state index contributed by atoms with van der Waals surface area (Å²) in [5.74, 6) is -11.8. The van der Waals surface area contributed by atoms with Crippen LogP contribution >= 0.6 is 43.5 Å². The van der Waals surface area contributed by atoms with E-state index in [0.717, 1.165) is 0 Å². The third-order valence-corrected chi connectivity index (χ3v) is 6.54. The summed E-state index contributed by atoms with van der Waals surface area (Å²) in [7, 11) is 0. The zero-order valence-corrected chi connectivity index (χ0v) is 21.9. The third kappa shape index (κ3) is 4.79. The van der Waals surface area contributed by atoms with Gasteiger partial charge in [-0.05, 0) is 47.1 Å². The molecule has 3 aromatic rings. The topological polar surface area (TPSA) is 41.9 Å². The van der Waals surface area contributed by atoms with Crippen LogP contribution in [-0.4, -0.2) is 11.6 Å². The second-order valence-corrected chi connectivity index (χ2v) is 9.64. The van der Waals surface area contributed by atoms with Crippen molar-refractivity contribution >= 4 is 66.8 Å². The van der Waals surface area contributed by atoms with E-state index < -0.39 is 40.7 Å². The number of carbonyl (C=O) groups is 1. The molecule has 0 fully saturated rings. The molecule has 0 aliphatic carbocycles. The quantitative estimate of drug-likeness (QED) is 0.122. The van der Waals surface area contributed by atoms with E-state index in [-0.39, 0.29) is 22.9 Å². The molecule has 1 aliphatic heterocycles. The molecule has 1 amide bonds. The van der Waals surface area contributed by atoms with Crippen LogP contribution in [0.25, 0.3) is 6.08 Å². The zero-order valence-electron chi connectivity index (χ0n) is 18.0. The van der Waals surface area contributed by atoms with E-state index in [2.05, 4.69) is 37.0 Å². The molecule has 0 bridgehead atoms. The molecule has 12 heteroatoms. The molecule has 0 N–H and O–H groups in total. The summed E-state index contributed by atoms with van der Waals surface area (Å²) in [4.78, 5) is 13.0. The van der Waals surface area contributed by atoms with E-state index >= 15 is 0 Å². The number of nitrogens with zero attached hydrogens (tertiary/aromatic N) is 2. The van der Waals surface area contributed by atoms with Crippen molar-refractivity contribution in [3.05, 3.63) is 96.2 Å². The number of rotatable bonds is 5. The van der Waals surface area contributed by atoms with Gasteiger partial charge in [-0.2, -0.15) is 10.1 Å². The molecule has 0 unspecified atom stereocenters. The lowest BCUT2D eigenvalue weighted by Gasteiger charge is -2.15. The molecule has 1 aliphatic rings. The van der Waals surface area contributed by atoms with Gasteiger partial charge in [-0.1, -0.05) is 45.7 Å². The van der Waals surface area contributed by atoms with Gasteiger partial charge in [0.1, 0.15) is 18.0 Å². The van der Waals surface area contributed by atoms with E-state index in [1.165, 1.54) is 13.0 Å². The molecule has 0 radical (unpaired) electrons. The molecule has 0 atom stereocenters. The smallest absolute Gasteiger partial charge is 0.280 e. The Balaban J connectivity index is 1.74. The second kappa shape index (κ2) is 10.3. The number of ether oxygens (including phenoxy) is 1. The van der Waals surface area contributed by atoms with Crippen molar-refractivity contribution in [1.82, 2.24) is 0 Å². The van der Waals surface area contributed by atoms with Gasteiger partial charge in [-0.3, -0.25) is 4.79 Å². The maximum atomic E-state index is 14.3. The van der Waals surface area contributed by atoms with Gasteiger partial charge in [0.05, 0.1) is 15.8 Å². The van der Waals surface area contributed by atoms with E-state index in [9.17, 15) is 26.7 Å². The molecule has 4 nitrogen and oxygen atoms in total. The lowest BCUT2D eigenvalue weighted by molar-refractivity contribution is -0.114. The average molecular weight is 651 g/mol. The van der Waals surface area contributed by atoms with Crippen molar-refractivity contribution in [3.63, 3.8) is 0 Å². The van der Waals surface area contributed by atoms with Crippen molar-refractivity contribution in [2.24, 2.45) is 5.10 Å². The maximum absolute atomic E-state index is 14.3. The number of benzene rings is 3. The number of halogens is 8. The van der Waals surface area contributed by atoms with E-state index in [1.807, 2.05) is 0 Å². The fourth-order valence-corrected chi connectivity index (χ4v) is 4.94. The van der Waals surface area contributed by atoms with Gasteiger partial charge in [0, 0.05) is 20.6 Å². The predicted octanol–water partition coefficient (Wildman–Crippen LogP) is 7.95. The number of anilines is 1. The minimum absolute atomic E-state index is 0.0166. The predicted molar refractivity (Wildman–Crippen MR) is 132 cm³/mol. The Morgan fingerprint density at radius 1 is 1.00 bits per heavy atom. The van der Waals surface area contributed by atoms with Gasteiger partial charge >= 0.3 is 0 Å². The Labute approximate surface area is 223 Å². The van der Waals surface area contributed by atoms with Gasteiger partial charge in [-0.25, -0.2) is 22.0 Å². The zero-order chi connectivity index (χ0) is 26.3. The van der Waals surface area contributed by atoms with Crippen molar-refractivity contribution in [2.45, 2.75) is 13.5 Å². The number of hydrogen-bond acceptors (Lipinski definition) is 3. The van der Waals surface area contributed by atoms with Crippen LogP contribution in [-0.2, 0) is 11.4 Å². The largest absolute Gasteiger partial charge is 0.487 e. The molecule has 0 spiro atoms. The normalized spacial score (nSPS) is 14.6. The molecule has 3 aromatic carbocycles. The minimum Gasteiger partial charge on any atom is -0.487 e. The highest BCUT2D eigenvalue weighted by atomic mass is 79.9. The fourth-order valence-electron chi connectivity index (χ4n) is 3.38. The van der Waals surface area contributed by atoms with Gasteiger partial charge < -0.3 is 4.74 Å². The van der Waals surface area contributed by atoms with Crippen LogP contribution in [0, 0.1) is 29.1 Å². The van der Waals surface area contributed by atoms with Crippen LogP contribution in [0.5, 0.6) is 5.75 Å². The average Bonchev–Trinajstić information content (AvgIpc) is 3.10. The lowest BCUT2D eigenvalue weighted by atomic mass is 10.1. The van der Waals surface area contributed by atoms with Crippen molar-refractivity contribution < 1.29 is 31.5 Å². The molecule has 0 saturated heterocycles. The standard InChI is InChI=1S/C24H12Br2ClF5N2O2/c1-10-14(24(35)34(33-10)22-20(31)18(29)17(28)19(30)21(22)32)7-12-6-13(25)8-15(26)23(12)36-9-11-4-2-3-5-16(11)27/h2-8H,9H2,1H3/b14-7-. The van der Waals surface area contributed by atoms with Gasteiger partial charge in [0.2, 0.25) is 5.82 Å². The first kappa shape index (κ1) is 26.3. The number of carbonyl (C=O) groups excluding carboxylic acids is 1. The first-order valence-electron chi connectivity index (χ1n) is 9.99. The highest BCUT2D eigenvalue weighted by Crippen LogP contribution is 2.38. The van der Waals surface area contributed by atoms with Gasteiger partial charge in [-0.15, -0.1) is 0 Å². The minimum atomic E-state index is -2.34. The van der Waals surface area contributed by atoms with Crippen LogP contribution in [0.15, 0.2) is 56.0 Å². The second-order valence-electron chi connectivity index (χ2n) is 7.46. The Morgan fingerprint density at radius 2 is 1.61 bits per heavy atom. The Hall–Kier alpha value is -2.76. The summed E-state index contributed by atoms with van der Waals surface area (Å²) in [5, 5.41) is 4.38. The summed E-state index contributed by atoms with van der Waals surface area (Å²) in [6.07, 6.45) is 1.34. The summed E-state index contributed by atoms with van der Waals surface area (Å²) >= 11 is 12.9. The van der Waals surface area contributed by atoms with Gasteiger partial charge in [0.15, 0.2) is 23.3 Å². The summed E-state index contributed by atoms with van der Waals surface area (Å²) in [6.45, 7) is 1.43. The van der Waals surface area contributed by atoms with Crippen LogP contribution in [0.1, 0.15) is 18.1 Å². The molecule has 1 heterocycles. The monoisotopic (exact) mass is 648 g/mol. The number of hydrogen-bond donors (Lipinski definition) is 0. The van der Waals surface area contributed by atoms with Gasteiger partial charge in [0.25, 0.3) is 5.91 Å². The van der Waals surface area contributed by atoms with E-state index in [1.54, 1.807) is 36.4 Å². The Kier molecular flexibility index (Phi) is 7.53. The van der Waals surface area contributed by atoms with Crippen molar-refractivity contribution in [2.75, 3.05) is 5.01 Å². The van der Waals surface area contributed by atoms with Crippen LogP contribution < -0.4 is 9.75 Å². The first-order valence-corrected chi connectivity index (χ1v) is 12.0. The van der Waals surface area contributed by atoms with Crippen LogP contribution in [0.4, 0.5) is 27.6 Å².